The molecule has 1 aliphatic rings. The molecule has 0 radical (unpaired) electrons. The second kappa shape index (κ2) is 10.3. The first-order chi connectivity index (χ1) is 14.6. The van der Waals surface area contributed by atoms with Crippen LogP contribution in [0.25, 0.3) is 0 Å². The number of fused-ring (bicyclic) bond motifs is 1. The van der Waals surface area contributed by atoms with E-state index in [0.29, 0.717) is 32.8 Å². The molecular weight excluding hydrogens is 378 g/mol. The minimum Gasteiger partial charge on any atom is -0.490 e. The first-order valence-corrected chi connectivity index (χ1v) is 11.0. The number of likely N-dealkylation sites (N-methyl/N-ethyl adjacent to an activating group) is 1. The smallest absolute Gasteiger partial charge is 0.161 e. The van der Waals surface area contributed by atoms with Crippen LogP contribution in [-0.2, 0) is 28.0 Å². The molecule has 0 saturated heterocycles. The molecule has 2 unspecified atom stereocenters. The van der Waals surface area contributed by atoms with Crippen molar-refractivity contribution in [3.05, 3.63) is 59.2 Å². The van der Waals surface area contributed by atoms with Crippen LogP contribution in [0.5, 0.6) is 11.5 Å². The molecule has 0 fully saturated rings. The monoisotopic (exact) mass is 413 g/mol. The average Bonchev–Trinajstić information content (AvgIpc) is 2.74. The van der Waals surface area contributed by atoms with Gasteiger partial charge in [-0.2, -0.15) is 0 Å². The lowest BCUT2D eigenvalue weighted by Crippen LogP contribution is -2.57. The summed E-state index contributed by atoms with van der Waals surface area (Å²) in [6.45, 7) is 10.5. The van der Waals surface area contributed by atoms with Crippen molar-refractivity contribution in [3.63, 3.8) is 0 Å². The number of ether oxygens (including phenoxy) is 4. The van der Waals surface area contributed by atoms with Crippen LogP contribution in [0.1, 0.15) is 44.4 Å². The SMILES string of the molecule is CCOc1ccc(CC2(OCC)c3ccccc3CC(OCC)N2C)cc1OCC. The molecule has 2 atom stereocenters. The fourth-order valence-corrected chi connectivity index (χ4v) is 4.36. The minimum atomic E-state index is -0.611. The van der Waals surface area contributed by atoms with Gasteiger partial charge in [-0.05, 0) is 58.0 Å². The summed E-state index contributed by atoms with van der Waals surface area (Å²) in [5, 5.41) is 0. The van der Waals surface area contributed by atoms with Crippen LogP contribution in [-0.4, -0.2) is 44.6 Å². The highest BCUT2D eigenvalue weighted by molar-refractivity contribution is 5.45. The summed E-state index contributed by atoms with van der Waals surface area (Å²) in [5.41, 5.74) is 3.00. The summed E-state index contributed by atoms with van der Waals surface area (Å²) >= 11 is 0. The van der Waals surface area contributed by atoms with Crippen molar-refractivity contribution >= 4 is 0 Å². The largest absolute Gasteiger partial charge is 0.490 e. The highest BCUT2D eigenvalue weighted by atomic mass is 16.5. The van der Waals surface area contributed by atoms with Gasteiger partial charge in [-0.25, -0.2) is 4.90 Å². The Morgan fingerprint density at radius 2 is 1.63 bits per heavy atom. The van der Waals surface area contributed by atoms with Gasteiger partial charge >= 0.3 is 0 Å². The average molecular weight is 414 g/mol. The Morgan fingerprint density at radius 3 is 2.33 bits per heavy atom. The third kappa shape index (κ3) is 4.48. The lowest BCUT2D eigenvalue weighted by atomic mass is 9.84. The molecule has 0 saturated carbocycles. The van der Waals surface area contributed by atoms with E-state index < -0.39 is 5.72 Å². The van der Waals surface area contributed by atoms with Gasteiger partial charge in [-0.3, -0.25) is 0 Å². The van der Waals surface area contributed by atoms with Crippen LogP contribution in [0.3, 0.4) is 0 Å². The van der Waals surface area contributed by atoms with Gasteiger partial charge in [0.15, 0.2) is 17.2 Å². The Bertz CT molecular complexity index is 825. The lowest BCUT2D eigenvalue weighted by molar-refractivity contribution is -0.221. The van der Waals surface area contributed by atoms with E-state index in [1.54, 1.807) is 0 Å². The number of hydrogen-bond donors (Lipinski definition) is 0. The molecule has 164 valence electrons. The second-order valence-corrected chi connectivity index (χ2v) is 7.42. The maximum Gasteiger partial charge on any atom is 0.161 e. The molecule has 0 aliphatic carbocycles. The van der Waals surface area contributed by atoms with Gasteiger partial charge in [-0.1, -0.05) is 30.3 Å². The van der Waals surface area contributed by atoms with Gasteiger partial charge in [0.2, 0.25) is 0 Å². The summed E-state index contributed by atoms with van der Waals surface area (Å²) in [6.07, 6.45) is 1.50. The number of rotatable bonds is 10. The Balaban J connectivity index is 2.06. The van der Waals surface area contributed by atoms with E-state index in [1.165, 1.54) is 11.1 Å². The summed E-state index contributed by atoms with van der Waals surface area (Å²) in [5.74, 6) is 1.55. The summed E-state index contributed by atoms with van der Waals surface area (Å²) in [7, 11) is 2.10. The van der Waals surface area contributed by atoms with E-state index in [9.17, 15) is 0 Å². The summed E-state index contributed by atoms with van der Waals surface area (Å²) < 4.78 is 24.3. The van der Waals surface area contributed by atoms with Crippen molar-refractivity contribution in [1.29, 1.82) is 0 Å². The second-order valence-electron chi connectivity index (χ2n) is 7.42. The molecule has 3 rings (SSSR count). The fraction of sp³-hybridized carbons (Fsp3) is 0.520. The minimum absolute atomic E-state index is 0.0366. The van der Waals surface area contributed by atoms with Gasteiger partial charge in [0.1, 0.15) is 6.23 Å². The third-order valence-corrected chi connectivity index (χ3v) is 5.63. The predicted molar refractivity (Wildman–Crippen MR) is 119 cm³/mol. The molecule has 0 bridgehead atoms. The number of hydrogen-bond acceptors (Lipinski definition) is 5. The van der Waals surface area contributed by atoms with Crippen LogP contribution in [0.15, 0.2) is 42.5 Å². The van der Waals surface area contributed by atoms with Crippen LogP contribution in [0.2, 0.25) is 0 Å². The number of benzene rings is 2. The zero-order valence-electron chi connectivity index (χ0n) is 18.9. The number of nitrogens with zero attached hydrogens (tertiary/aromatic N) is 1. The maximum atomic E-state index is 6.54. The van der Waals surface area contributed by atoms with E-state index in [-0.39, 0.29) is 6.23 Å². The maximum absolute atomic E-state index is 6.54. The third-order valence-electron chi connectivity index (χ3n) is 5.63. The standard InChI is InChI=1S/C25H35NO4/c1-6-27-22-15-14-19(16-23(22)28-7-2)18-25(30-9-4)21-13-11-10-12-20(21)17-24(26(25)5)29-8-3/h10-16,24H,6-9,17-18H2,1-5H3. The Hall–Kier alpha value is -2.08. The molecular formula is C25H35NO4. The van der Waals surface area contributed by atoms with Crippen LogP contribution < -0.4 is 9.47 Å². The van der Waals surface area contributed by atoms with E-state index in [4.69, 9.17) is 18.9 Å². The zero-order valence-corrected chi connectivity index (χ0v) is 18.9. The van der Waals surface area contributed by atoms with Crippen LogP contribution >= 0.6 is 0 Å². The molecule has 0 N–H and O–H groups in total. The highest BCUT2D eigenvalue weighted by Gasteiger charge is 2.46. The van der Waals surface area contributed by atoms with E-state index in [1.807, 2.05) is 33.8 Å². The molecule has 2 aromatic rings. The van der Waals surface area contributed by atoms with E-state index in [2.05, 4.69) is 48.3 Å². The van der Waals surface area contributed by atoms with Crippen LogP contribution in [0.4, 0.5) is 0 Å². The molecule has 30 heavy (non-hydrogen) atoms. The first-order valence-electron chi connectivity index (χ1n) is 11.0. The molecule has 0 amide bonds. The highest BCUT2D eigenvalue weighted by Crippen LogP contribution is 2.42. The van der Waals surface area contributed by atoms with Crippen molar-refractivity contribution in [2.24, 2.45) is 0 Å². The van der Waals surface area contributed by atoms with Gasteiger partial charge in [-0.15, -0.1) is 0 Å². The fourth-order valence-electron chi connectivity index (χ4n) is 4.36. The van der Waals surface area contributed by atoms with Gasteiger partial charge in [0.05, 0.1) is 13.2 Å². The first kappa shape index (κ1) is 22.6. The molecule has 1 heterocycles. The van der Waals surface area contributed by atoms with Crippen molar-refractivity contribution < 1.29 is 18.9 Å². The van der Waals surface area contributed by atoms with Gasteiger partial charge in [0.25, 0.3) is 0 Å². The predicted octanol–water partition coefficient (Wildman–Crippen LogP) is 4.77. The van der Waals surface area contributed by atoms with Crippen molar-refractivity contribution in [2.45, 2.75) is 52.5 Å². The molecule has 5 heteroatoms. The zero-order chi connectivity index (χ0) is 21.6. The normalized spacial score (nSPS) is 21.3. The van der Waals surface area contributed by atoms with Gasteiger partial charge in [0, 0.05) is 31.6 Å². The Labute approximate surface area is 180 Å². The molecule has 5 nitrogen and oxygen atoms in total. The lowest BCUT2D eigenvalue weighted by Gasteiger charge is -2.49. The van der Waals surface area contributed by atoms with Crippen molar-refractivity contribution in [3.8, 4) is 11.5 Å². The van der Waals surface area contributed by atoms with E-state index in [0.717, 1.165) is 23.5 Å². The molecule has 0 spiro atoms. The summed E-state index contributed by atoms with van der Waals surface area (Å²) in [6, 6.07) is 14.7. The van der Waals surface area contributed by atoms with Gasteiger partial charge < -0.3 is 18.9 Å². The van der Waals surface area contributed by atoms with Crippen LogP contribution in [0, 0.1) is 0 Å². The molecule has 0 aromatic heterocycles. The molecule has 2 aromatic carbocycles. The van der Waals surface area contributed by atoms with E-state index >= 15 is 0 Å². The van der Waals surface area contributed by atoms with Crippen molar-refractivity contribution in [2.75, 3.05) is 33.5 Å². The Morgan fingerprint density at radius 1 is 0.900 bits per heavy atom. The van der Waals surface area contributed by atoms with Crippen molar-refractivity contribution in [1.82, 2.24) is 4.90 Å². The Kier molecular flexibility index (Phi) is 7.75. The topological polar surface area (TPSA) is 40.2 Å². The molecule has 1 aliphatic heterocycles. The quantitative estimate of drug-likeness (QED) is 0.561. The summed E-state index contributed by atoms with van der Waals surface area (Å²) in [4.78, 5) is 2.25.